The van der Waals surface area contributed by atoms with Crippen molar-refractivity contribution in [2.45, 2.75) is 26.3 Å². The first-order valence-electron chi connectivity index (χ1n) is 9.91. The number of thiophene rings is 1. The van der Waals surface area contributed by atoms with Gasteiger partial charge in [-0.2, -0.15) is 0 Å². The van der Waals surface area contributed by atoms with Crippen LogP contribution in [0.1, 0.15) is 16.7 Å². The smallest absolute Gasteiger partial charge is 0.225 e. The molecule has 2 aromatic rings. The molecule has 0 saturated carbocycles. The van der Waals surface area contributed by atoms with Crippen molar-refractivity contribution >= 4 is 23.2 Å². The van der Waals surface area contributed by atoms with Crippen molar-refractivity contribution in [3.05, 3.63) is 40.3 Å². The van der Waals surface area contributed by atoms with E-state index < -0.39 is 0 Å². The number of nitrogens with zero attached hydrogens (tertiary/aromatic N) is 5. The molecule has 8 heteroatoms. The Kier molecular flexibility index (Phi) is 7.62. The SMILES string of the molecule is CN=C(NCCN1CCN(c2ncccn2)CC1)NC(C)Cc1ccc(C)s1. The zero-order valence-electron chi connectivity index (χ0n) is 17.1. The summed E-state index contributed by atoms with van der Waals surface area (Å²) in [5.41, 5.74) is 0. The van der Waals surface area contributed by atoms with E-state index in [0.29, 0.717) is 6.04 Å². The van der Waals surface area contributed by atoms with Crippen LogP contribution in [0.5, 0.6) is 0 Å². The van der Waals surface area contributed by atoms with E-state index >= 15 is 0 Å². The lowest BCUT2D eigenvalue weighted by atomic mass is 10.2. The molecule has 3 heterocycles. The number of aryl methyl sites for hydroxylation is 1. The Morgan fingerprint density at radius 2 is 1.96 bits per heavy atom. The van der Waals surface area contributed by atoms with E-state index in [1.54, 1.807) is 12.4 Å². The summed E-state index contributed by atoms with van der Waals surface area (Å²) in [4.78, 5) is 20.5. The molecule has 28 heavy (non-hydrogen) atoms. The number of nitrogens with one attached hydrogen (secondary N) is 2. The lowest BCUT2D eigenvalue weighted by Gasteiger charge is -2.34. The molecule has 7 nitrogen and oxygen atoms in total. The Morgan fingerprint density at radius 1 is 1.21 bits per heavy atom. The predicted octanol–water partition coefficient (Wildman–Crippen LogP) is 1.76. The van der Waals surface area contributed by atoms with Crippen molar-refractivity contribution < 1.29 is 0 Å². The van der Waals surface area contributed by atoms with Crippen LogP contribution in [-0.4, -0.2) is 73.2 Å². The summed E-state index contributed by atoms with van der Waals surface area (Å²) in [6, 6.07) is 6.60. The van der Waals surface area contributed by atoms with E-state index in [2.05, 4.69) is 61.4 Å². The molecule has 1 fully saturated rings. The fourth-order valence-electron chi connectivity index (χ4n) is 3.33. The molecule has 1 unspecified atom stereocenters. The third-order valence-corrected chi connectivity index (χ3v) is 5.86. The van der Waals surface area contributed by atoms with Crippen molar-refractivity contribution in [2.24, 2.45) is 4.99 Å². The van der Waals surface area contributed by atoms with Gasteiger partial charge in [-0.25, -0.2) is 9.97 Å². The first kappa shape index (κ1) is 20.5. The van der Waals surface area contributed by atoms with Gasteiger partial charge in [-0.1, -0.05) is 0 Å². The molecule has 1 aliphatic heterocycles. The number of hydrogen-bond donors (Lipinski definition) is 2. The first-order valence-corrected chi connectivity index (χ1v) is 10.7. The Balaban J connectivity index is 1.34. The predicted molar refractivity (Wildman–Crippen MR) is 117 cm³/mol. The highest BCUT2D eigenvalue weighted by Crippen LogP contribution is 2.16. The Hall–Kier alpha value is -2.19. The molecular weight excluding hydrogens is 370 g/mol. The van der Waals surface area contributed by atoms with Crippen molar-refractivity contribution in [3.63, 3.8) is 0 Å². The van der Waals surface area contributed by atoms with Gasteiger partial charge in [0.2, 0.25) is 5.95 Å². The lowest BCUT2D eigenvalue weighted by Crippen LogP contribution is -2.50. The molecule has 2 aromatic heterocycles. The molecule has 0 aromatic carbocycles. The molecule has 0 amide bonds. The molecule has 152 valence electrons. The number of aliphatic imine (C=N–C) groups is 1. The van der Waals surface area contributed by atoms with Gasteiger partial charge in [0.05, 0.1) is 0 Å². The summed E-state index contributed by atoms with van der Waals surface area (Å²) < 4.78 is 0. The van der Waals surface area contributed by atoms with Crippen molar-refractivity contribution in [2.75, 3.05) is 51.2 Å². The van der Waals surface area contributed by atoms with Gasteiger partial charge in [-0.05, 0) is 32.0 Å². The van der Waals surface area contributed by atoms with Crippen LogP contribution in [-0.2, 0) is 6.42 Å². The Bertz CT molecular complexity index is 738. The highest BCUT2D eigenvalue weighted by atomic mass is 32.1. The molecule has 0 bridgehead atoms. The van der Waals surface area contributed by atoms with Crippen LogP contribution >= 0.6 is 11.3 Å². The molecule has 0 radical (unpaired) electrons. The zero-order valence-corrected chi connectivity index (χ0v) is 17.9. The maximum Gasteiger partial charge on any atom is 0.225 e. The highest BCUT2D eigenvalue weighted by Gasteiger charge is 2.18. The second-order valence-electron chi connectivity index (χ2n) is 7.14. The van der Waals surface area contributed by atoms with Gasteiger partial charge in [0, 0.05) is 80.9 Å². The summed E-state index contributed by atoms with van der Waals surface area (Å²) >= 11 is 1.87. The van der Waals surface area contributed by atoms with Crippen LogP contribution < -0.4 is 15.5 Å². The third-order valence-electron chi connectivity index (χ3n) is 4.84. The fourth-order valence-corrected chi connectivity index (χ4v) is 4.35. The minimum absolute atomic E-state index is 0.346. The normalized spacial score (nSPS) is 16.8. The number of anilines is 1. The fraction of sp³-hybridized carbons (Fsp3) is 0.550. The van der Waals surface area contributed by atoms with E-state index in [1.165, 1.54) is 9.75 Å². The van der Waals surface area contributed by atoms with Gasteiger partial charge in [-0.15, -0.1) is 11.3 Å². The second-order valence-corrected chi connectivity index (χ2v) is 8.51. The van der Waals surface area contributed by atoms with Crippen LogP contribution in [0.15, 0.2) is 35.6 Å². The van der Waals surface area contributed by atoms with Gasteiger partial charge in [0.15, 0.2) is 5.96 Å². The largest absolute Gasteiger partial charge is 0.355 e. The number of piperazine rings is 1. The van der Waals surface area contributed by atoms with Crippen LogP contribution in [0.2, 0.25) is 0 Å². The summed E-state index contributed by atoms with van der Waals surface area (Å²) in [6.07, 6.45) is 4.62. The molecule has 0 aliphatic carbocycles. The van der Waals surface area contributed by atoms with Crippen LogP contribution in [0, 0.1) is 6.92 Å². The molecule has 2 N–H and O–H groups in total. The summed E-state index contributed by atoms with van der Waals surface area (Å²) in [5.74, 6) is 1.71. The summed E-state index contributed by atoms with van der Waals surface area (Å²) in [6.45, 7) is 10.2. The minimum Gasteiger partial charge on any atom is -0.355 e. The summed E-state index contributed by atoms with van der Waals surface area (Å²) in [7, 11) is 1.83. The van der Waals surface area contributed by atoms with Gasteiger partial charge < -0.3 is 15.5 Å². The van der Waals surface area contributed by atoms with Crippen LogP contribution in [0.25, 0.3) is 0 Å². The Labute approximate surface area is 171 Å². The molecule has 1 aliphatic rings. The maximum absolute atomic E-state index is 4.36. The van der Waals surface area contributed by atoms with E-state index in [9.17, 15) is 0 Å². The topological polar surface area (TPSA) is 68.7 Å². The number of guanidine groups is 1. The third kappa shape index (κ3) is 6.17. The van der Waals surface area contributed by atoms with Crippen molar-refractivity contribution in [1.82, 2.24) is 25.5 Å². The number of aromatic nitrogens is 2. The molecule has 1 atom stereocenters. The first-order chi connectivity index (χ1) is 13.6. The standard InChI is InChI=1S/C20H31N7S/c1-16(15-18-6-5-17(2)28-18)25-19(21-3)22-9-10-26-11-13-27(14-12-26)20-23-7-4-8-24-20/h4-8,16H,9-15H2,1-3H3,(H2,21,22,25). The molecular formula is C20H31N7S. The second kappa shape index (κ2) is 10.4. The van der Waals surface area contributed by atoms with Crippen LogP contribution in [0.4, 0.5) is 5.95 Å². The molecule has 3 rings (SSSR count). The molecule has 1 saturated heterocycles. The van der Waals surface area contributed by atoms with Gasteiger partial charge >= 0.3 is 0 Å². The van der Waals surface area contributed by atoms with E-state index in [4.69, 9.17) is 0 Å². The van der Waals surface area contributed by atoms with Gasteiger partial charge in [0.1, 0.15) is 0 Å². The van der Waals surface area contributed by atoms with E-state index in [0.717, 1.165) is 57.6 Å². The number of rotatable bonds is 7. The van der Waals surface area contributed by atoms with Crippen molar-refractivity contribution in [1.29, 1.82) is 0 Å². The van der Waals surface area contributed by atoms with Gasteiger partial charge in [-0.3, -0.25) is 9.89 Å². The molecule has 0 spiro atoms. The van der Waals surface area contributed by atoms with Crippen molar-refractivity contribution in [3.8, 4) is 0 Å². The van der Waals surface area contributed by atoms with Gasteiger partial charge in [0.25, 0.3) is 0 Å². The maximum atomic E-state index is 4.36. The number of hydrogen-bond acceptors (Lipinski definition) is 6. The van der Waals surface area contributed by atoms with E-state index in [-0.39, 0.29) is 0 Å². The quantitative estimate of drug-likeness (QED) is 0.544. The lowest BCUT2D eigenvalue weighted by molar-refractivity contribution is 0.260. The zero-order chi connectivity index (χ0) is 19.8. The highest BCUT2D eigenvalue weighted by molar-refractivity contribution is 7.11. The average Bonchev–Trinajstić information content (AvgIpc) is 3.12. The average molecular weight is 402 g/mol. The minimum atomic E-state index is 0.346. The van der Waals surface area contributed by atoms with E-state index in [1.807, 2.05) is 24.5 Å². The monoisotopic (exact) mass is 401 g/mol. The summed E-state index contributed by atoms with van der Waals surface area (Å²) in [5, 5.41) is 6.94. The Morgan fingerprint density at radius 3 is 2.61 bits per heavy atom. The van der Waals surface area contributed by atoms with Crippen LogP contribution in [0.3, 0.4) is 0 Å².